The lowest BCUT2D eigenvalue weighted by molar-refractivity contribution is 0.0941. The lowest BCUT2D eigenvalue weighted by Gasteiger charge is -2.33. The van der Waals surface area contributed by atoms with Crippen LogP contribution in [0.4, 0.5) is 0 Å². The highest BCUT2D eigenvalue weighted by atomic mass is 79.9. The van der Waals surface area contributed by atoms with Crippen molar-refractivity contribution in [1.29, 1.82) is 0 Å². The first-order valence-electron chi connectivity index (χ1n) is 5.91. The third-order valence-corrected chi connectivity index (χ3v) is 5.11. The lowest BCUT2D eigenvalue weighted by Crippen LogP contribution is -2.51. The molecule has 0 bridgehead atoms. The summed E-state index contributed by atoms with van der Waals surface area (Å²) in [6, 6.07) is 1.89. The Bertz CT molecular complexity index is 405. The fourth-order valence-corrected chi connectivity index (χ4v) is 3.69. The van der Waals surface area contributed by atoms with E-state index in [-0.39, 0.29) is 23.9 Å². The monoisotopic (exact) mass is 352 g/mol. The minimum Gasteiger partial charge on any atom is -0.349 e. The van der Waals surface area contributed by atoms with Crippen LogP contribution in [0.1, 0.15) is 41.8 Å². The zero-order chi connectivity index (χ0) is 12.3. The predicted octanol–water partition coefficient (Wildman–Crippen LogP) is 3.32. The average Bonchev–Trinajstić information content (AvgIpc) is 2.74. The SMILES string of the molecule is Cl.NC1(CNC(=O)c2sccc2Br)CCCCC1. The summed E-state index contributed by atoms with van der Waals surface area (Å²) in [5, 5.41) is 4.85. The first-order valence-corrected chi connectivity index (χ1v) is 7.58. The molecule has 6 heteroatoms. The molecule has 1 aliphatic rings. The Balaban J connectivity index is 0.00000162. The Labute approximate surface area is 126 Å². The largest absolute Gasteiger partial charge is 0.349 e. The third kappa shape index (κ3) is 3.95. The number of nitrogens with one attached hydrogen (secondary N) is 1. The van der Waals surface area contributed by atoms with Gasteiger partial charge in [0.15, 0.2) is 0 Å². The zero-order valence-electron chi connectivity index (χ0n) is 10.1. The van der Waals surface area contributed by atoms with E-state index in [0.717, 1.165) is 22.2 Å². The molecule has 1 amide bonds. The molecule has 0 aromatic carbocycles. The Morgan fingerprint density at radius 2 is 2.11 bits per heavy atom. The van der Waals surface area contributed by atoms with Gasteiger partial charge in [-0.3, -0.25) is 4.79 Å². The molecule has 0 saturated heterocycles. The van der Waals surface area contributed by atoms with Crippen molar-refractivity contribution >= 4 is 45.6 Å². The second kappa shape index (κ2) is 6.89. The van der Waals surface area contributed by atoms with E-state index in [0.29, 0.717) is 6.54 Å². The van der Waals surface area contributed by atoms with Crippen molar-refractivity contribution in [3.63, 3.8) is 0 Å². The van der Waals surface area contributed by atoms with E-state index in [4.69, 9.17) is 5.73 Å². The first-order chi connectivity index (χ1) is 8.11. The van der Waals surface area contributed by atoms with E-state index < -0.39 is 0 Å². The van der Waals surface area contributed by atoms with Crippen LogP contribution < -0.4 is 11.1 Å². The van der Waals surface area contributed by atoms with E-state index in [2.05, 4.69) is 21.2 Å². The van der Waals surface area contributed by atoms with Gasteiger partial charge in [-0.1, -0.05) is 19.3 Å². The van der Waals surface area contributed by atoms with Crippen molar-refractivity contribution in [2.75, 3.05) is 6.54 Å². The van der Waals surface area contributed by atoms with Crippen LogP contribution in [0.2, 0.25) is 0 Å². The van der Waals surface area contributed by atoms with Gasteiger partial charge in [-0.15, -0.1) is 23.7 Å². The molecule has 3 nitrogen and oxygen atoms in total. The van der Waals surface area contributed by atoms with Gasteiger partial charge in [-0.2, -0.15) is 0 Å². The van der Waals surface area contributed by atoms with Crippen LogP contribution in [0.25, 0.3) is 0 Å². The highest BCUT2D eigenvalue weighted by Crippen LogP contribution is 2.26. The van der Waals surface area contributed by atoms with Crippen LogP contribution in [0, 0.1) is 0 Å². The highest BCUT2D eigenvalue weighted by Gasteiger charge is 2.28. The molecule has 102 valence electrons. The molecular weight excluding hydrogens is 336 g/mol. The summed E-state index contributed by atoms with van der Waals surface area (Å²) < 4.78 is 0.856. The van der Waals surface area contributed by atoms with Crippen LogP contribution in [-0.4, -0.2) is 18.0 Å². The molecule has 3 N–H and O–H groups in total. The van der Waals surface area contributed by atoms with Crippen molar-refractivity contribution in [3.8, 4) is 0 Å². The summed E-state index contributed by atoms with van der Waals surface area (Å²) in [5.41, 5.74) is 6.08. The van der Waals surface area contributed by atoms with Crippen molar-refractivity contribution in [2.24, 2.45) is 5.73 Å². The summed E-state index contributed by atoms with van der Waals surface area (Å²) in [5.74, 6) is -0.0257. The summed E-state index contributed by atoms with van der Waals surface area (Å²) in [4.78, 5) is 12.7. The number of carbonyl (C=O) groups excluding carboxylic acids is 1. The molecule has 0 aliphatic heterocycles. The summed E-state index contributed by atoms with van der Waals surface area (Å²) in [6.45, 7) is 0.580. The molecule has 1 aromatic rings. The van der Waals surface area contributed by atoms with Gasteiger partial charge in [0.05, 0.1) is 0 Å². The maximum atomic E-state index is 11.9. The predicted molar refractivity (Wildman–Crippen MR) is 81.6 cm³/mol. The lowest BCUT2D eigenvalue weighted by atomic mass is 9.82. The molecule has 1 heterocycles. The van der Waals surface area contributed by atoms with Crippen LogP contribution >= 0.6 is 39.7 Å². The zero-order valence-corrected chi connectivity index (χ0v) is 13.3. The standard InChI is InChI=1S/C12H17BrN2OS.ClH/c13-9-4-7-17-10(9)11(16)15-8-12(14)5-2-1-3-6-12;/h4,7H,1-3,5-6,8,14H2,(H,15,16);1H. The molecule has 1 saturated carbocycles. The Kier molecular flexibility index (Phi) is 6.11. The van der Waals surface area contributed by atoms with Gasteiger partial charge in [0.1, 0.15) is 4.88 Å². The van der Waals surface area contributed by atoms with Crippen molar-refractivity contribution in [2.45, 2.75) is 37.6 Å². The second-order valence-electron chi connectivity index (χ2n) is 4.70. The van der Waals surface area contributed by atoms with E-state index >= 15 is 0 Å². The summed E-state index contributed by atoms with van der Waals surface area (Å²) >= 11 is 4.81. The number of rotatable bonds is 3. The van der Waals surface area contributed by atoms with Crippen LogP contribution in [0.15, 0.2) is 15.9 Å². The van der Waals surface area contributed by atoms with Crippen LogP contribution in [-0.2, 0) is 0 Å². The maximum Gasteiger partial charge on any atom is 0.262 e. The Morgan fingerprint density at radius 1 is 1.44 bits per heavy atom. The molecule has 0 radical (unpaired) electrons. The number of hydrogen-bond donors (Lipinski definition) is 2. The van der Waals surface area contributed by atoms with E-state index in [1.807, 2.05) is 11.4 Å². The number of carbonyl (C=O) groups is 1. The molecular formula is C12H18BrClN2OS. The van der Waals surface area contributed by atoms with Gasteiger partial charge >= 0.3 is 0 Å². The van der Waals surface area contributed by atoms with Gasteiger partial charge in [-0.05, 0) is 40.2 Å². The van der Waals surface area contributed by atoms with Gasteiger partial charge in [0.2, 0.25) is 0 Å². The van der Waals surface area contributed by atoms with Crippen molar-refractivity contribution in [3.05, 3.63) is 20.8 Å². The molecule has 1 aromatic heterocycles. The van der Waals surface area contributed by atoms with Crippen LogP contribution in [0.3, 0.4) is 0 Å². The van der Waals surface area contributed by atoms with Gasteiger partial charge < -0.3 is 11.1 Å². The Hall–Kier alpha value is -0.100. The molecule has 1 fully saturated rings. The quantitative estimate of drug-likeness (QED) is 0.876. The fraction of sp³-hybridized carbons (Fsp3) is 0.583. The fourth-order valence-electron chi connectivity index (χ4n) is 2.23. The molecule has 0 atom stereocenters. The molecule has 0 unspecified atom stereocenters. The molecule has 1 aliphatic carbocycles. The highest BCUT2D eigenvalue weighted by molar-refractivity contribution is 9.10. The van der Waals surface area contributed by atoms with Crippen molar-refractivity contribution < 1.29 is 4.79 Å². The normalized spacial score (nSPS) is 17.9. The minimum atomic E-state index is -0.197. The number of halogens is 2. The number of amides is 1. The molecule has 2 rings (SSSR count). The van der Waals surface area contributed by atoms with Gasteiger partial charge in [-0.25, -0.2) is 0 Å². The summed E-state index contributed by atoms with van der Waals surface area (Å²) in [7, 11) is 0. The molecule has 18 heavy (non-hydrogen) atoms. The van der Waals surface area contributed by atoms with Gasteiger partial charge in [0, 0.05) is 16.6 Å². The molecule has 0 spiro atoms. The second-order valence-corrected chi connectivity index (χ2v) is 6.47. The maximum absolute atomic E-state index is 11.9. The number of thiophene rings is 1. The smallest absolute Gasteiger partial charge is 0.262 e. The number of hydrogen-bond acceptors (Lipinski definition) is 3. The minimum absolute atomic E-state index is 0. The van der Waals surface area contributed by atoms with Gasteiger partial charge in [0.25, 0.3) is 5.91 Å². The first kappa shape index (κ1) is 16.0. The van der Waals surface area contributed by atoms with E-state index in [1.54, 1.807) is 0 Å². The average molecular weight is 354 g/mol. The summed E-state index contributed by atoms with van der Waals surface area (Å²) in [6.07, 6.45) is 5.64. The number of nitrogens with two attached hydrogens (primary N) is 1. The third-order valence-electron chi connectivity index (χ3n) is 3.27. The van der Waals surface area contributed by atoms with E-state index in [1.165, 1.54) is 30.6 Å². The van der Waals surface area contributed by atoms with Crippen molar-refractivity contribution in [1.82, 2.24) is 5.32 Å². The Morgan fingerprint density at radius 3 is 2.67 bits per heavy atom. The van der Waals surface area contributed by atoms with E-state index in [9.17, 15) is 4.79 Å². The van der Waals surface area contributed by atoms with Crippen LogP contribution in [0.5, 0.6) is 0 Å². The topological polar surface area (TPSA) is 55.1 Å².